The molecule has 1 aromatic carbocycles. The fourth-order valence-electron chi connectivity index (χ4n) is 1.98. The van der Waals surface area contributed by atoms with Crippen molar-refractivity contribution in [2.24, 2.45) is 5.73 Å². The smallest absolute Gasteiger partial charge is 0.358 e. The Morgan fingerprint density at radius 3 is 2.76 bits per heavy atom. The van der Waals surface area contributed by atoms with E-state index in [4.69, 9.17) is 15.6 Å². The third-order valence-corrected chi connectivity index (χ3v) is 2.95. The molecule has 7 nitrogen and oxygen atoms in total. The fraction of sp³-hybridized carbons (Fsp3) is 0.357. The molecule has 0 saturated heterocycles. The molecule has 1 heterocycles. The second-order valence-corrected chi connectivity index (χ2v) is 4.47. The molecule has 0 radical (unpaired) electrons. The van der Waals surface area contributed by atoms with E-state index < -0.39 is 5.97 Å². The van der Waals surface area contributed by atoms with Crippen LogP contribution in [0.3, 0.4) is 0 Å². The van der Waals surface area contributed by atoms with Crippen LogP contribution in [0.15, 0.2) is 30.3 Å². The number of hydrogen-bond donors (Lipinski definition) is 2. The molecule has 0 atom stereocenters. The molecule has 0 aliphatic heterocycles. The van der Waals surface area contributed by atoms with Crippen LogP contribution in [0, 0.1) is 0 Å². The lowest BCUT2D eigenvalue weighted by molar-refractivity contribution is 0.0689. The summed E-state index contributed by atoms with van der Waals surface area (Å²) >= 11 is 0. The topological polar surface area (TPSA) is 103 Å². The first-order valence-corrected chi connectivity index (χ1v) is 6.76. The Morgan fingerprint density at radius 1 is 1.33 bits per heavy atom. The largest absolute Gasteiger partial charge is 0.494 e. The maximum absolute atomic E-state index is 11.0. The van der Waals surface area contributed by atoms with Gasteiger partial charge >= 0.3 is 5.97 Å². The van der Waals surface area contributed by atoms with E-state index in [9.17, 15) is 4.79 Å². The third-order valence-electron chi connectivity index (χ3n) is 2.95. The molecule has 2 aromatic rings. The summed E-state index contributed by atoms with van der Waals surface area (Å²) in [5.41, 5.74) is 6.04. The zero-order chi connectivity index (χ0) is 15.1. The minimum absolute atomic E-state index is 0.0237. The van der Waals surface area contributed by atoms with Crippen LogP contribution < -0.4 is 10.5 Å². The lowest BCUT2D eigenvalue weighted by atomic mass is 10.2. The van der Waals surface area contributed by atoms with E-state index in [1.807, 2.05) is 30.3 Å². The van der Waals surface area contributed by atoms with Crippen molar-refractivity contribution < 1.29 is 14.6 Å². The summed E-state index contributed by atoms with van der Waals surface area (Å²) in [7, 11) is 0. The number of carboxylic acid groups (broad SMARTS) is 1. The fourth-order valence-corrected chi connectivity index (χ4v) is 1.98. The van der Waals surface area contributed by atoms with Gasteiger partial charge in [-0.15, -0.1) is 5.10 Å². The number of nitrogens with two attached hydrogens (primary N) is 1. The van der Waals surface area contributed by atoms with Gasteiger partial charge in [0.1, 0.15) is 5.75 Å². The minimum Gasteiger partial charge on any atom is -0.494 e. The summed E-state index contributed by atoms with van der Waals surface area (Å²) in [4.78, 5) is 11.0. The molecule has 0 bridgehead atoms. The van der Waals surface area contributed by atoms with Gasteiger partial charge in [0.25, 0.3) is 0 Å². The molecule has 0 unspecified atom stereocenters. The van der Waals surface area contributed by atoms with Gasteiger partial charge in [-0.25, -0.2) is 9.48 Å². The van der Waals surface area contributed by atoms with E-state index in [1.165, 1.54) is 0 Å². The van der Waals surface area contributed by atoms with E-state index in [-0.39, 0.29) is 5.69 Å². The number of ether oxygens (including phenoxy) is 1. The Bertz CT molecular complexity index is 583. The zero-order valence-corrected chi connectivity index (χ0v) is 11.6. The van der Waals surface area contributed by atoms with Crippen LogP contribution in [0.1, 0.15) is 22.6 Å². The summed E-state index contributed by atoms with van der Waals surface area (Å²) in [6.45, 7) is 1.42. The molecule has 0 aliphatic carbocycles. The highest BCUT2D eigenvalue weighted by atomic mass is 16.5. The summed E-state index contributed by atoms with van der Waals surface area (Å²) in [5.74, 6) is -0.269. The monoisotopic (exact) mass is 290 g/mol. The molecule has 21 heavy (non-hydrogen) atoms. The second kappa shape index (κ2) is 7.39. The highest BCUT2D eigenvalue weighted by Gasteiger charge is 2.17. The van der Waals surface area contributed by atoms with E-state index in [0.717, 1.165) is 5.75 Å². The van der Waals surface area contributed by atoms with E-state index in [1.54, 1.807) is 4.68 Å². The molecular formula is C14H18N4O3. The van der Waals surface area contributed by atoms with Crippen molar-refractivity contribution in [3.8, 4) is 5.75 Å². The number of para-hydroxylation sites is 1. The Kier molecular flexibility index (Phi) is 5.28. The molecule has 0 amide bonds. The first-order valence-electron chi connectivity index (χ1n) is 6.76. The Labute approximate surface area is 122 Å². The predicted octanol–water partition coefficient (Wildman–Crippen LogP) is 0.947. The number of aromatic nitrogens is 3. The second-order valence-electron chi connectivity index (χ2n) is 4.47. The minimum atomic E-state index is -1.08. The van der Waals surface area contributed by atoms with Crippen molar-refractivity contribution in [1.82, 2.24) is 15.0 Å². The zero-order valence-electron chi connectivity index (χ0n) is 11.6. The molecule has 3 N–H and O–H groups in total. The van der Waals surface area contributed by atoms with Crippen LogP contribution in [0.2, 0.25) is 0 Å². The number of rotatable bonds is 8. The van der Waals surface area contributed by atoms with Gasteiger partial charge < -0.3 is 15.6 Å². The third kappa shape index (κ3) is 4.03. The molecular weight excluding hydrogens is 272 g/mol. The van der Waals surface area contributed by atoms with Crippen LogP contribution in [-0.4, -0.2) is 39.2 Å². The number of carboxylic acids is 1. The van der Waals surface area contributed by atoms with Crippen LogP contribution in [0.25, 0.3) is 0 Å². The van der Waals surface area contributed by atoms with Crippen LogP contribution >= 0.6 is 0 Å². The van der Waals surface area contributed by atoms with Crippen LogP contribution in [0.5, 0.6) is 5.75 Å². The van der Waals surface area contributed by atoms with Crippen molar-refractivity contribution in [2.45, 2.75) is 19.4 Å². The highest BCUT2D eigenvalue weighted by Crippen LogP contribution is 2.10. The predicted molar refractivity (Wildman–Crippen MR) is 76.3 cm³/mol. The Balaban J connectivity index is 1.89. The maximum Gasteiger partial charge on any atom is 0.358 e. The average Bonchev–Trinajstić information content (AvgIpc) is 2.88. The van der Waals surface area contributed by atoms with E-state index in [0.29, 0.717) is 38.2 Å². The molecule has 7 heteroatoms. The first-order chi connectivity index (χ1) is 10.2. The van der Waals surface area contributed by atoms with Crippen LogP contribution in [-0.2, 0) is 13.0 Å². The van der Waals surface area contributed by atoms with Gasteiger partial charge in [0.05, 0.1) is 12.3 Å². The lowest BCUT2D eigenvalue weighted by Crippen LogP contribution is -2.14. The summed E-state index contributed by atoms with van der Waals surface area (Å²) in [6, 6.07) is 9.51. The number of aromatic carboxylic acids is 1. The molecule has 0 spiro atoms. The number of aryl methyl sites for hydroxylation is 1. The Morgan fingerprint density at radius 2 is 2.10 bits per heavy atom. The van der Waals surface area contributed by atoms with Crippen molar-refractivity contribution >= 4 is 5.97 Å². The van der Waals surface area contributed by atoms with Gasteiger partial charge in [-0.3, -0.25) is 0 Å². The van der Waals surface area contributed by atoms with Gasteiger partial charge in [-0.2, -0.15) is 0 Å². The molecule has 0 fully saturated rings. The van der Waals surface area contributed by atoms with Gasteiger partial charge in [0.2, 0.25) is 0 Å². The molecule has 1 aromatic heterocycles. The normalized spacial score (nSPS) is 10.5. The lowest BCUT2D eigenvalue weighted by Gasteiger charge is -2.08. The molecule has 112 valence electrons. The standard InChI is InChI=1S/C14H18N4O3/c15-8-7-12-13(14(19)20)16-17-18(12)9-4-10-21-11-5-2-1-3-6-11/h1-3,5-6H,4,7-10,15H2,(H,19,20). The van der Waals surface area contributed by atoms with Gasteiger partial charge in [0.15, 0.2) is 5.69 Å². The van der Waals surface area contributed by atoms with Crippen LogP contribution in [0.4, 0.5) is 0 Å². The highest BCUT2D eigenvalue weighted by molar-refractivity contribution is 5.86. The average molecular weight is 290 g/mol. The summed E-state index contributed by atoms with van der Waals surface area (Å²) < 4.78 is 7.17. The quantitative estimate of drug-likeness (QED) is 0.701. The molecule has 0 saturated carbocycles. The summed E-state index contributed by atoms with van der Waals surface area (Å²) in [6.07, 6.45) is 1.14. The maximum atomic E-state index is 11.0. The van der Waals surface area contributed by atoms with Crippen molar-refractivity contribution in [2.75, 3.05) is 13.2 Å². The summed E-state index contributed by atoms with van der Waals surface area (Å²) in [5, 5.41) is 16.6. The van der Waals surface area contributed by atoms with Crippen molar-refractivity contribution in [3.63, 3.8) is 0 Å². The number of benzene rings is 1. The number of hydrogen-bond acceptors (Lipinski definition) is 5. The molecule has 0 aliphatic rings. The van der Waals surface area contributed by atoms with E-state index >= 15 is 0 Å². The SMILES string of the molecule is NCCc1c(C(=O)O)nnn1CCCOc1ccccc1. The van der Waals surface area contributed by atoms with Gasteiger partial charge in [-0.1, -0.05) is 23.4 Å². The van der Waals surface area contributed by atoms with Gasteiger partial charge in [-0.05, 0) is 18.7 Å². The Hall–Kier alpha value is -2.41. The number of carbonyl (C=O) groups is 1. The van der Waals surface area contributed by atoms with E-state index in [2.05, 4.69) is 10.3 Å². The van der Waals surface area contributed by atoms with Gasteiger partial charge in [0, 0.05) is 19.4 Å². The van der Waals surface area contributed by atoms with Crippen molar-refractivity contribution in [3.05, 3.63) is 41.7 Å². The molecule has 2 rings (SSSR count). The first kappa shape index (κ1) is 15.0. The van der Waals surface area contributed by atoms with Crippen molar-refractivity contribution in [1.29, 1.82) is 0 Å². The number of nitrogens with zero attached hydrogens (tertiary/aromatic N) is 3.